The fourth-order valence-corrected chi connectivity index (χ4v) is 2.81. The molecule has 0 unspecified atom stereocenters. The van der Waals surface area contributed by atoms with E-state index in [0.717, 1.165) is 5.56 Å². The molecule has 7 heteroatoms. The molecule has 2 amide bonds. The van der Waals surface area contributed by atoms with E-state index in [4.69, 9.17) is 21.1 Å². The van der Waals surface area contributed by atoms with Gasteiger partial charge in [0.25, 0.3) is 11.8 Å². The third-order valence-corrected chi connectivity index (χ3v) is 4.39. The van der Waals surface area contributed by atoms with Gasteiger partial charge in [-0.1, -0.05) is 37.6 Å². The molecule has 6 nitrogen and oxygen atoms in total. The number of rotatable bonds is 8. The quantitative estimate of drug-likeness (QED) is 0.703. The Labute approximate surface area is 176 Å². The Morgan fingerprint density at radius 1 is 1.10 bits per heavy atom. The van der Waals surface area contributed by atoms with Crippen molar-refractivity contribution in [3.05, 3.63) is 58.1 Å². The molecule has 29 heavy (non-hydrogen) atoms. The minimum Gasteiger partial charge on any atom is -0.493 e. The Morgan fingerprint density at radius 2 is 1.76 bits per heavy atom. The minimum absolute atomic E-state index is 0.0675. The molecule has 156 valence electrons. The number of ether oxygens (including phenoxy) is 2. The van der Waals surface area contributed by atoms with Crippen LogP contribution in [0.3, 0.4) is 0 Å². The molecular formula is C22H27ClN2O4. The minimum atomic E-state index is -0.283. The van der Waals surface area contributed by atoms with E-state index in [0.29, 0.717) is 46.7 Å². The second-order valence-corrected chi connectivity index (χ2v) is 7.68. The highest BCUT2D eigenvalue weighted by Gasteiger charge is 2.16. The van der Waals surface area contributed by atoms with Crippen molar-refractivity contribution in [3.63, 3.8) is 0 Å². The summed E-state index contributed by atoms with van der Waals surface area (Å²) in [6, 6.07) is 10.3. The van der Waals surface area contributed by atoms with E-state index in [1.165, 1.54) is 12.0 Å². The molecule has 0 atom stereocenters. The van der Waals surface area contributed by atoms with Crippen molar-refractivity contribution in [2.75, 3.05) is 27.8 Å². The van der Waals surface area contributed by atoms with E-state index in [-0.39, 0.29) is 11.8 Å². The van der Waals surface area contributed by atoms with Crippen LogP contribution in [0.15, 0.2) is 36.4 Å². The second-order valence-electron chi connectivity index (χ2n) is 7.27. The Hall–Kier alpha value is -2.73. The Kier molecular flexibility index (Phi) is 7.91. The first-order chi connectivity index (χ1) is 13.7. The summed E-state index contributed by atoms with van der Waals surface area (Å²) in [5.74, 6) is 0.824. The normalized spacial score (nSPS) is 10.6. The zero-order valence-electron chi connectivity index (χ0n) is 17.4. The standard InChI is InChI=1S/C22H27ClN2O4/c1-14(2)13-29-20-18(23)10-17(11-19(20)28-5)21(26)24-12-15-6-8-16(9-7-15)22(27)25(3)4/h6-11,14H,12-13H2,1-5H3,(H,24,26). The summed E-state index contributed by atoms with van der Waals surface area (Å²) < 4.78 is 11.1. The molecule has 2 aromatic rings. The number of nitrogens with zero attached hydrogens (tertiary/aromatic N) is 1. The maximum absolute atomic E-state index is 12.6. The van der Waals surface area contributed by atoms with E-state index < -0.39 is 0 Å². The van der Waals surface area contributed by atoms with Crippen molar-refractivity contribution in [2.45, 2.75) is 20.4 Å². The lowest BCUT2D eigenvalue weighted by Crippen LogP contribution is -2.23. The van der Waals surface area contributed by atoms with E-state index in [1.807, 2.05) is 26.0 Å². The highest BCUT2D eigenvalue weighted by atomic mass is 35.5. The van der Waals surface area contributed by atoms with Gasteiger partial charge in [-0.05, 0) is 35.7 Å². The van der Waals surface area contributed by atoms with Crippen molar-refractivity contribution in [3.8, 4) is 11.5 Å². The Morgan fingerprint density at radius 3 is 2.31 bits per heavy atom. The number of hydrogen-bond donors (Lipinski definition) is 1. The van der Waals surface area contributed by atoms with Gasteiger partial charge in [0, 0.05) is 31.8 Å². The summed E-state index contributed by atoms with van der Waals surface area (Å²) in [5.41, 5.74) is 1.85. The van der Waals surface area contributed by atoms with Crippen molar-refractivity contribution >= 4 is 23.4 Å². The maximum atomic E-state index is 12.6. The fraction of sp³-hybridized carbons (Fsp3) is 0.364. The van der Waals surface area contributed by atoms with E-state index in [1.54, 1.807) is 38.4 Å². The summed E-state index contributed by atoms with van der Waals surface area (Å²) in [7, 11) is 4.91. The van der Waals surface area contributed by atoms with Crippen LogP contribution in [0.1, 0.15) is 40.1 Å². The fourth-order valence-electron chi connectivity index (χ4n) is 2.55. The van der Waals surface area contributed by atoms with Crippen LogP contribution in [-0.2, 0) is 6.54 Å². The molecule has 0 radical (unpaired) electrons. The number of hydrogen-bond acceptors (Lipinski definition) is 4. The molecule has 0 heterocycles. The van der Waals surface area contributed by atoms with Gasteiger partial charge in [-0.3, -0.25) is 9.59 Å². The second kappa shape index (κ2) is 10.2. The maximum Gasteiger partial charge on any atom is 0.253 e. The van der Waals surface area contributed by atoms with Crippen molar-refractivity contribution in [1.82, 2.24) is 10.2 Å². The molecule has 0 spiro atoms. The van der Waals surface area contributed by atoms with Gasteiger partial charge in [-0.15, -0.1) is 0 Å². The highest BCUT2D eigenvalue weighted by molar-refractivity contribution is 6.32. The van der Waals surface area contributed by atoms with E-state index in [2.05, 4.69) is 5.32 Å². The van der Waals surface area contributed by atoms with Crippen LogP contribution in [0.5, 0.6) is 11.5 Å². The van der Waals surface area contributed by atoms with Crippen LogP contribution < -0.4 is 14.8 Å². The smallest absolute Gasteiger partial charge is 0.253 e. The van der Waals surface area contributed by atoms with E-state index >= 15 is 0 Å². The third-order valence-electron chi connectivity index (χ3n) is 4.11. The van der Waals surface area contributed by atoms with Gasteiger partial charge in [0.15, 0.2) is 11.5 Å². The lowest BCUT2D eigenvalue weighted by atomic mass is 10.1. The number of carbonyl (C=O) groups is 2. The molecule has 0 saturated carbocycles. The van der Waals surface area contributed by atoms with Gasteiger partial charge >= 0.3 is 0 Å². The lowest BCUT2D eigenvalue weighted by molar-refractivity contribution is 0.0827. The molecule has 0 aromatic heterocycles. The third kappa shape index (κ3) is 6.12. The average molecular weight is 419 g/mol. The van der Waals surface area contributed by atoms with Gasteiger partial charge in [0.05, 0.1) is 18.7 Å². The molecular weight excluding hydrogens is 392 g/mol. The summed E-state index contributed by atoms with van der Waals surface area (Å²) in [6.45, 7) is 4.88. The zero-order valence-corrected chi connectivity index (χ0v) is 18.2. The van der Waals surface area contributed by atoms with Crippen molar-refractivity contribution in [2.24, 2.45) is 5.92 Å². The number of benzene rings is 2. The van der Waals surface area contributed by atoms with Crippen molar-refractivity contribution in [1.29, 1.82) is 0 Å². The summed E-state index contributed by atoms with van der Waals surface area (Å²) >= 11 is 6.31. The molecule has 0 fully saturated rings. The van der Waals surface area contributed by atoms with E-state index in [9.17, 15) is 9.59 Å². The predicted molar refractivity (Wildman–Crippen MR) is 114 cm³/mol. The number of amides is 2. The molecule has 1 N–H and O–H groups in total. The average Bonchev–Trinajstić information content (AvgIpc) is 2.70. The predicted octanol–water partition coefficient (Wildman–Crippen LogP) is 4.02. The van der Waals surface area contributed by atoms with Gasteiger partial charge in [0.2, 0.25) is 0 Å². The molecule has 0 aliphatic rings. The molecule has 0 saturated heterocycles. The number of methoxy groups -OCH3 is 1. The van der Waals surface area contributed by atoms with Gasteiger partial charge < -0.3 is 19.7 Å². The summed E-state index contributed by atoms with van der Waals surface area (Å²) in [4.78, 5) is 26.0. The molecule has 0 aliphatic carbocycles. The van der Waals surface area contributed by atoms with Crippen LogP contribution in [0.2, 0.25) is 5.02 Å². The first-order valence-electron chi connectivity index (χ1n) is 9.32. The molecule has 2 rings (SSSR count). The van der Waals surface area contributed by atoms with Crippen LogP contribution in [0, 0.1) is 5.92 Å². The van der Waals surface area contributed by atoms with Crippen LogP contribution in [0.4, 0.5) is 0 Å². The van der Waals surface area contributed by atoms with Gasteiger partial charge in [-0.25, -0.2) is 0 Å². The number of halogens is 1. The number of nitrogens with one attached hydrogen (secondary N) is 1. The first kappa shape index (κ1) is 22.6. The van der Waals surface area contributed by atoms with Crippen molar-refractivity contribution < 1.29 is 19.1 Å². The van der Waals surface area contributed by atoms with Crippen LogP contribution in [-0.4, -0.2) is 44.5 Å². The molecule has 2 aromatic carbocycles. The first-order valence-corrected chi connectivity index (χ1v) is 9.69. The molecule has 0 aliphatic heterocycles. The lowest BCUT2D eigenvalue weighted by Gasteiger charge is -2.15. The van der Waals surface area contributed by atoms with Gasteiger partial charge in [-0.2, -0.15) is 0 Å². The van der Waals surface area contributed by atoms with Gasteiger partial charge in [0.1, 0.15) is 0 Å². The highest BCUT2D eigenvalue weighted by Crippen LogP contribution is 2.36. The SMILES string of the molecule is COc1cc(C(=O)NCc2ccc(C(=O)N(C)C)cc2)cc(Cl)c1OCC(C)C. The number of carbonyl (C=O) groups excluding carboxylic acids is 2. The monoisotopic (exact) mass is 418 g/mol. The van der Waals surface area contributed by atoms with Crippen LogP contribution in [0.25, 0.3) is 0 Å². The van der Waals surface area contributed by atoms with Crippen LogP contribution >= 0.6 is 11.6 Å². The summed E-state index contributed by atoms with van der Waals surface area (Å²) in [5, 5.41) is 3.17. The zero-order chi connectivity index (χ0) is 21.6. The topological polar surface area (TPSA) is 67.9 Å². The molecule has 0 bridgehead atoms. The largest absolute Gasteiger partial charge is 0.493 e. The summed E-state index contributed by atoms with van der Waals surface area (Å²) in [6.07, 6.45) is 0. The Bertz CT molecular complexity index is 864. The Balaban J connectivity index is 2.07.